The third-order valence-corrected chi connectivity index (χ3v) is 4.85. The molecule has 3 aliphatic rings. The van der Waals surface area contributed by atoms with Gasteiger partial charge in [0.2, 0.25) is 0 Å². The van der Waals surface area contributed by atoms with E-state index in [1.54, 1.807) is 17.3 Å². The van der Waals surface area contributed by atoms with E-state index < -0.39 is 5.60 Å². The maximum atomic E-state index is 12.3. The molecule has 6 heteroatoms. The molecule has 1 amide bonds. The molecule has 3 heterocycles. The van der Waals surface area contributed by atoms with Gasteiger partial charge in [-0.3, -0.25) is 14.7 Å². The zero-order chi connectivity index (χ0) is 15.7. The zero-order valence-corrected chi connectivity index (χ0v) is 13.3. The summed E-state index contributed by atoms with van der Waals surface area (Å²) in [5, 5.41) is 0. The highest BCUT2D eigenvalue weighted by Crippen LogP contribution is 2.32. The molecular weight excluding hydrogens is 294 g/mol. The van der Waals surface area contributed by atoms with Crippen molar-refractivity contribution in [2.45, 2.75) is 18.4 Å². The predicted octanol–water partition coefficient (Wildman–Crippen LogP) is 0.926. The first kappa shape index (κ1) is 15.1. The van der Waals surface area contributed by atoms with Gasteiger partial charge in [0.15, 0.2) is 0 Å². The molecular formula is C17H23N3O3. The average molecular weight is 317 g/mol. The van der Waals surface area contributed by atoms with Gasteiger partial charge in [-0.2, -0.15) is 0 Å². The first-order valence-electron chi connectivity index (χ1n) is 8.39. The van der Waals surface area contributed by atoms with Gasteiger partial charge in [0.1, 0.15) is 12.2 Å². The number of carbonyl (C=O) groups is 1. The molecule has 2 aliphatic heterocycles. The van der Waals surface area contributed by atoms with Crippen LogP contribution in [0.25, 0.3) is 0 Å². The summed E-state index contributed by atoms with van der Waals surface area (Å²) < 4.78 is 11.8. The summed E-state index contributed by atoms with van der Waals surface area (Å²) in [6.45, 7) is 4.80. The van der Waals surface area contributed by atoms with E-state index in [4.69, 9.17) is 9.47 Å². The number of amides is 1. The molecule has 124 valence electrons. The number of aromatic nitrogens is 1. The second-order valence-corrected chi connectivity index (χ2v) is 6.89. The number of anilines is 1. The van der Waals surface area contributed by atoms with E-state index >= 15 is 0 Å². The number of hydrogen-bond donors (Lipinski definition) is 0. The molecule has 2 saturated heterocycles. The van der Waals surface area contributed by atoms with Crippen LogP contribution in [0.4, 0.5) is 5.69 Å². The second-order valence-electron chi connectivity index (χ2n) is 6.89. The van der Waals surface area contributed by atoms with E-state index in [2.05, 4.69) is 9.88 Å². The summed E-state index contributed by atoms with van der Waals surface area (Å²) in [7, 11) is 0. The van der Waals surface area contributed by atoms with Crippen molar-refractivity contribution in [3.05, 3.63) is 24.5 Å². The summed E-state index contributed by atoms with van der Waals surface area (Å²) in [6, 6.07) is 3.77. The van der Waals surface area contributed by atoms with Crippen molar-refractivity contribution in [1.82, 2.24) is 9.88 Å². The summed E-state index contributed by atoms with van der Waals surface area (Å²) >= 11 is 0. The Morgan fingerprint density at radius 3 is 3.04 bits per heavy atom. The summed E-state index contributed by atoms with van der Waals surface area (Å²) in [5.74, 6) is 0.825. The lowest BCUT2D eigenvalue weighted by Gasteiger charge is -2.43. The molecule has 3 fully saturated rings. The molecule has 6 nitrogen and oxygen atoms in total. The molecule has 4 rings (SSSR count). The minimum absolute atomic E-state index is 0.0124. The Bertz CT molecular complexity index is 563. The smallest absolute Gasteiger partial charge is 0.253 e. The predicted molar refractivity (Wildman–Crippen MR) is 85.3 cm³/mol. The minimum atomic E-state index is -0.435. The number of ether oxygens (including phenoxy) is 2. The molecule has 1 spiro atoms. The molecule has 0 radical (unpaired) electrons. The number of carbonyl (C=O) groups excluding carboxylic acids is 1. The SMILES string of the molecule is O=C1COC2(COCCN(CC3CC3)C2)CN1c1cccnc1. The quantitative estimate of drug-likeness (QED) is 0.830. The lowest BCUT2D eigenvalue weighted by molar-refractivity contribution is -0.146. The van der Waals surface area contributed by atoms with E-state index in [0.717, 1.165) is 37.8 Å². The zero-order valence-electron chi connectivity index (χ0n) is 13.3. The normalized spacial score (nSPS) is 29.7. The van der Waals surface area contributed by atoms with Gasteiger partial charge in [-0.25, -0.2) is 0 Å². The summed E-state index contributed by atoms with van der Waals surface area (Å²) in [6.07, 6.45) is 6.13. The van der Waals surface area contributed by atoms with Gasteiger partial charge in [-0.05, 0) is 30.9 Å². The van der Waals surface area contributed by atoms with Gasteiger partial charge in [0.25, 0.3) is 5.91 Å². The number of pyridine rings is 1. The Labute approximate surface area is 136 Å². The molecule has 0 bridgehead atoms. The highest BCUT2D eigenvalue weighted by molar-refractivity contribution is 5.95. The van der Waals surface area contributed by atoms with Crippen LogP contribution >= 0.6 is 0 Å². The monoisotopic (exact) mass is 317 g/mol. The lowest BCUT2D eigenvalue weighted by atomic mass is 10.0. The molecule has 0 N–H and O–H groups in total. The fraction of sp³-hybridized carbons (Fsp3) is 0.647. The van der Waals surface area contributed by atoms with Crippen molar-refractivity contribution >= 4 is 11.6 Å². The Kier molecular flexibility index (Phi) is 4.05. The van der Waals surface area contributed by atoms with Gasteiger partial charge < -0.3 is 14.4 Å². The Hall–Kier alpha value is -1.50. The molecule has 1 saturated carbocycles. The van der Waals surface area contributed by atoms with Crippen LogP contribution in [0, 0.1) is 5.92 Å². The van der Waals surface area contributed by atoms with Gasteiger partial charge in [-0.15, -0.1) is 0 Å². The molecule has 23 heavy (non-hydrogen) atoms. The third kappa shape index (κ3) is 3.39. The molecule has 1 aromatic rings. The fourth-order valence-electron chi connectivity index (χ4n) is 3.45. The van der Waals surface area contributed by atoms with Crippen LogP contribution < -0.4 is 4.90 Å². The molecule has 1 aromatic heterocycles. The van der Waals surface area contributed by atoms with E-state index in [0.29, 0.717) is 13.2 Å². The van der Waals surface area contributed by atoms with E-state index in [1.165, 1.54) is 12.8 Å². The van der Waals surface area contributed by atoms with Crippen LogP contribution in [-0.4, -0.2) is 67.4 Å². The first-order valence-corrected chi connectivity index (χ1v) is 8.39. The van der Waals surface area contributed by atoms with Crippen LogP contribution in [0.1, 0.15) is 12.8 Å². The van der Waals surface area contributed by atoms with Crippen LogP contribution in [0.2, 0.25) is 0 Å². The molecule has 1 atom stereocenters. The van der Waals surface area contributed by atoms with Crippen LogP contribution in [0.15, 0.2) is 24.5 Å². The van der Waals surface area contributed by atoms with Crippen LogP contribution in [0.5, 0.6) is 0 Å². The van der Waals surface area contributed by atoms with E-state index in [1.807, 2.05) is 12.1 Å². The van der Waals surface area contributed by atoms with Gasteiger partial charge in [-0.1, -0.05) is 0 Å². The maximum Gasteiger partial charge on any atom is 0.253 e. The van der Waals surface area contributed by atoms with Crippen molar-refractivity contribution < 1.29 is 14.3 Å². The Balaban J connectivity index is 1.52. The second kappa shape index (κ2) is 6.19. The number of hydrogen-bond acceptors (Lipinski definition) is 5. The Morgan fingerprint density at radius 2 is 2.26 bits per heavy atom. The molecule has 1 unspecified atom stereocenters. The highest BCUT2D eigenvalue weighted by atomic mass is 16.6. The number of morpholine rings is 1. The third-order valence-electron chi connectivity index (χ3n) is 4.85. The molecule has 0 aromatic carbocycles. The Morgan fingerprint density at radius 1 is 1.35 bits per heavy atom. The first-order chi connectivity index (χ1) is 11.2. The van der Waals surface area contributed by atoms with Crippen molar-refractivity contribution in [1.29, 1.82) is 0 Å². The van der Waals surface area contributed by atoms with Crippen molar-refractivity contribution in [2.24, 2.45) is 5.92 Å². The van der Waals surface area contributed by atoms with Crippen LogP contribution in [-0.2, 0) is 14.3 Å². The maximum absolute atomic E-state index is 12.3. The van der Waals surface area contributed by atoms with Gasteiger partial charge in [0.05, 0.1) is 31.6 Å². The van der Waals surface area contributed by atoms with Crippen molar-refractivity contribution in [3.8, 4) is 0 Å². The fourth-order valence-corrected chi connectivity index (χ4v) is 3.45. The van der Waals surface area contributed by atoms with Gasteiger partial charge >= 0.3 is 0 Å². The van der Waals surface area contributed by atoms with Gasteiger partial charge in [0, 0.05) is 25.8 Å². The lowest BCUT2D eigenvalue weighted by Crippen LogP contribution is -2.61. The average Bonchev–Trinajstić information content (AvgIpc) is 3.40. The largest absolute Gasteiger partial charge is 0.377 e. The van der Waals surface area contributed by atoms with Crippen LogP contribution in [0.3, 0.4) is 0 Å². The minimum Gasteiger partial charge on any atom is -0.377 e. The van der Waals surface area contributed by atoms with E-state index in [9.17, 15) is 4.79 Å². The van der Waals surface area contributed by atoms with E-state index in [-0.39, 0.29) is 12.5 Å². The highest BCUT2D eigenvalue weighted by Gasteiger charge is 2.44. The number of nitrogens with zero attached hydrogens (tertiary/aromatic N) is 3. The van der Waals surface area contributed by atoms with Crippen molar-refractivity contribution in [3.63, 3.8) is 0 Å². The molecule has 1 aliphatic carbocycles. The van der Waals surface area contributed by atoms with Crippen molar-refractivity contribution in [2.75, 3.05) is 50.9 Å². The summed E-state index contributed by atoms with van der Waals surface area (Å²) in [4.78, 5) is 20.7. The summed E-state index contributed by atoms with van der Waals surface area (Å²) in [5.41, 5.74) is 0.396. The number of rotatable bonds is 3. The standard InChI is InChI=1S/C17H23N3O3/c21-16-10-23-17(12-20(16)15-2-1-5-18-8-15)11-19(6-7-22-13-17)9-14-3-4-14/h1-2,5,8,14H,3-4,6-7,9-13H2. The topological polar surface area (TPSA) is 54.9 Å².